The molecule has 0 saturated heterocycles. The molecular weight excluding hydrogens is 294 g/mol. The zero-order chi connectivity index (χ0) is 14.4. The molecule has 118 valence electrons. The Morgan fingerprint density at radius 2 is 2.14 bits per heavy atom. The Hall–Kier alpha value is -1.56. The number of aromatic nitrogens is 2. The molecule has 0 spiro atoms. The minimum absolute atomic E-state index is 0. The van der Waals surface area contributed by atoms with E-state index < -0.39 is 0 Å². The first-order valence-corrected chi connectivity index (χ1v) is 7.17. The first-order chi connectivity index (χ1) is 9.72. The van der Waals surface area contributed by atoms with Crippen LogP contribution in [0.4, 0.5) is 0 Å². The topological polar surface area (TPSA) is 75.3 Å². The maximum atomic E-state index is 12.5. The van der Waals surface area contributed by atoms with E-state index in [4.69, 9.17) is 4.74 Å². The highest BCUT2D eigenvalue weighted by atomic mass is 35.5. The Labute approximate surface area is 130 Å². The number of H-pyrrole nitrogens is 1. The van der Waals surface area contributed by atoms with Crippen LogP contribution in [0.25, 0.3) is 0 Å². The van der Waals surface area contributed by atoms with Gasteiger partial charge in [0.1, 0.15) is 5.69 Å². The number of amides is 1. The summed E-state index contributed by atoms with van der Waals surface area (Å²) < 4.78 is 4.93. The lowest BCUT2D eigenvalue weighted by Gasteiger charge is -2.28. The third-order valence-corrected chi connectivity index (χ3v) is 3.62. The summed E-state index contributed by atoms with van der Waals surface area (Å²) in [5.74, 6) is -0.341. The first kappa shape index (κ1) is 17.5. The van der Waals surface area contributed by atoms with Gasteiger partial charge in [-0.3, -0.25) is 9.59 Å². The molecule has 6 nitrogen and oxygen atoms in total. The number of esters is 1. The summed E-state index contributed by atoms with van der Waals surface area (Å²) in [5, 5.41) is 0. The number of hydrogen-bond donors (Lipinski definition) is 1. The van der Waals surface area contributed by atoms with Crippen molar-refractivity contribution in [2.75, 3.05) is 13.2 Å². The van der Waals surface area contributed by atoms with Crippen LogP contribution in [-0.2, 0) is 9.53 Å². The molecule has 21 heavy (non-hydrogen) atoms. The molecule has 1 aliphatic rings. The zero-order valence-electron chi connectivity index (χ0n) is 12.2. The molecular formula is C14H22ClN3O3. The van der Waals surface area contributed by atoms with Gasteiger partial charge in [0, 0.05) is 12.6 Å². The van der Waals surface area contributed by atoms with Crippen LogP contribution >= 0.6 is 12.4 Å². The van der Waals surface area contributed by atoms with Crippen LogP contribution < -0.4 is 0 Å². The second-order valence-electron chi connectivity index (χ2n) is 4.96. The Morgan fingerprint density at radius 3 is 2.71 bits per heavy atom. The van der Waals surface area contributed by atoms with Gasteiger partial charge in [-0.1, -0.05) is 12.8 Å². The fourth-order valence-electron chi connectivity index (χ4n) is 2.64. The molecule has 0 aromatic carbocycles. The van der Waals surface area contributed by atoms with E-state index in [1.165, 1.54) is 12.5 Å². The molecule has 0 radical (unpaired) electrons. The maximum Gasteiger partial charge on any atom is 0.307 e. The highest BCUT2D eigenvalue weighted by Gasteiger charge is 2.28. The minimum atomic E-state index is -0.257. The number of hydrogen-bond acceptors (Lipinski definition) is 4. The fraction of sp³-hybridized carbons (Fsp3) is 0.643. The molecule has 1 saturated carbocycles. The number of carbonyl (C=O) groups excluding carboxylic acids is 2. The van der Waals surface area contributed by atoms with Gasteiger partial charge >= 0.3 is 5.97 Å². The van der Waals surface area contributed by atoms with E-state index in [-0.39, 0.29) is 36.7 Å². The van der Waals surface area contributed by atoms with Gasteiger partial charge in [-0.25, -0.2) is 4.98 Å². The molecule has 1 amide bonds. The lowest BCUT2D eigenvalue weighted by molar-refractivity contribution is -0.143. The molecule has 1 N–H and O–H groups in total. The van der Waals surface area contributed by atoms with Crippen molar-refractivity contribution in [1.29, 1.82) is 0 Å². The minimum Gasteiger partial charge on any atom is -0.466 e. The number of ether oxygens (including phenoxy) is 1. The van der Waals surface area contributed by atoms with Gasteiger partial charge in [0.15, 0.2) is 0 Å². The predicted molar refractivity (Wildman–Crippen MR) is 80.4 cm³/mol. The van der Waals surface area contributed by atoms with Crippen LogP contribution in [0.3, 0.4) is 0 Å². The number of aromatic amines is 1. The monoisotopic (exact) mass is 315 g/mol. The van der Waals surface area contributed by atoms with Crippen molar-refractivity contribution in [3.05, 3.63) is 18.2 Å². The van der Waals surface area contributed by atoms with Crippen molar-refractivity contribution in [3.63, 3.8) is 0 Å². The van der Waals surface area contributed by atoms with Gasteiger partial charge in [0.2, 0.25) is 0 Å². The second kappa shape index (κ2) is 8.67. The van der Waals surface area contributed by atoms with E-state index in [1.54, 1.807) is 11.8 Å². The van der Waals surface area contributed by atoms with Crippen LogP contribution in [0.15, 0.2) is 12.5 Å². The van der Waals surface area contributed by atoms with Crippen molar-refractivity contribution in [1.82, 2.24) is 14.9 Å². The number of carbonyl (C=O) groups is 2. The molecule has 7 heteroatoms. The number of halogens is 1. The predicted octanol–water partition coefficient (Wildman–Crippen LogP) is 2.17. The fourth-order valence-corrected chi connectivity index (χ4v) is 2.64. The van der Waals surface area contributed by atoms with Gasteiger partial charge in [-0.15, -0.1) is 12.4 Å². The van der Waals surface area contributed by atoms with E-state index >= 15 is 0 Å². The maximum absolute atomic E-state index is 12.5. The van der Waals surface area contributed by atoms with Crippen LogP contribution in [-0.4, -0.2) is 45.9 Å². The summed E-state index contributed by atoms with van der Waals surface area (Å²) >= 11 is 0. The standard InChI is InChI=1S/C14H21N3O3.ClH/c1-2-20-13(18)7-8-17(11-5-3-4-6-11)14(19)12-9-15-10-16-12;/h9-11H,2-8H2,1H3,(H,15,16);1H. The largest absolute Gasteiger partial charge is 0.466 e. The first-order valence-electron chi connectivity index (χ1n) is 7.17. The normalized spacial score (nSPS) is 14.5. The molecule has 1 fully saturated rings. The summed E-state index contributed by atoms with van der Waals surface area (Å²) in [6.07, 6.45) is 7.53. The molecule has 1 aliphatic carbocycles. The van der Waals surface area contributed by atoms with Crippen molar-refractivity contribution >= 4 is 24.3 Å². The van der Waals surface area contributed by atoms with Gasteiger partial charge in [-0.05, 0) is 19.8 Å². The molecule has 0 unspecified atom stereocenters. The molecule has 0 atom stereocenters. The molecule has 1 aromatic heterocycles. The lowest BCUT2D eigenvalue weighted by atomic mass is 10.2. The average molecular weight is 316 g/mol. The third-order valence-electron chi connectivity index (χ3n) is 3.62. The van der Waals surface area contributed by atoms with Crippen LogP contribution in [0, 0.1) is 0 Å². The van der Waals surface area contributed by atoms with Gasteiger partial charge < -0.3 is 14.6 Å². The quantitative estimate of drug-likeness (QED) is 0.816. The van der Waals surface area contributed by atoms with Crippen molar-refractivity contribution in [3.8, 4) is 0 Å². The van der Waals surface area contributed by atoms with E-state index in [1.807, 2.05) is 0 Å². The van der Waals surface area contributed by atoms with Crippen LogP contribution in [0.2, 0.25) is 0 Å². The number of nitrogens with zero attached hydrogens (tertiary/aromatic N) is 2. The Balaban J connectivity index is 0.00000220. The third kappa shape index (κ3) is 4.74. The van der Waals surface area contributed by atoms with Gasteiger partial charge in [0.25, 0.3) is 5.91 Å². The Kier molecular flexibility index (Phi) is 7.22. The molecule has 1 aromatic rings. The zero-order valence-corrected chi connectivity index (χ0v) is 13.0. The number of nitrogens with one attached hydrogen (secondary N) is 1. The van der Waals surface area contributed by atoms with Crippen LogP contribution in [0.1, 0.15) is 49.5 Å². The lowest BCUT2D eigenvalue weighted by Crippen LogP contribution is -2.40. The Morgan fingerprint density at radius 1 is 1.43 bits per heavy atom. The summed E-state index contributed by atoms with van der Waals surface area (Å²) in [4.78, 5) is 32.5. The smallest absolute Gasteiger partial charge is 0.307 e. The van der Waals surface area contributed by atoms with Crippen LogP contribution in [0.5, 0.6) is 0 Å². The summed E-state index contributed by atoms with van der Waals surface area (Å²) in [7, 11) is 0. The van der Waals surface area contributed by atoms with Crippen molar-refractivity contribution in [2.45, 2.75) is 45.1 Å². The van der Waals surface area contributed by atoms with E-state index in [9.17, 15) is 9.59 Å². The summed E-state index contributed by atoms with van der Waals surface area (Å²) in [5.41, 5.74) is 0.473. The van der Waals surface area contributed by atoms with Gasteiger partial charge in [-0.2, -0.15) is 0 Å². The summed E-state index contributed by atoms with van der Waals surface area (Å²) in [6.45, 7) is 2.56. The van der Waals surface area contributed by atoms with E-state index in [0.29, 0.717) is 18.8 Å². The van der Waals surface area contributed by atoms with Gasteiger partial charge in [0.05, 0.1) is 25.6 Å². The molecule has 0 bridgehead atoms. The SMILES string of the molecule is CCOC(=O)CCN(C(=O)c1cnc[nH]1)C1CCCC1.Cl. The molecule has 0 aliphatic heterocycles. The van der Waals surface area contributed by atoms with E-state index in [2.05, 4.69) is 9.97 Å². The number of imidazole rings is 1. The molecule has 2 rings (SSSR count). The highest BCUT2D eigenvalue weighted by Crippen LogP contribution is 2.24. The van der Waals surface area contributed by atoms with Crippen molar-refractivity contribution in [2.24, 2.45) is 0 Å². The summed E-state index contributed by atoms with van der Waals surface area (Å²) in [6, 6.07) is 0.222. The second-order valence-corrected chi connectivity index (χ2v) is 4.96. The number of rotatable bonds is 6. The highest BCUT2D eigenvalue weighted by molar-refractivity contribution is 5.92. The van der Waals surface area contributed by atoms with Crippen molar-refractivity contribution < 1.29 is 14.3 Å². The van der Waals surface area contributed by atoms with E-state index in [0.717, 1.165) is 25.7 Å². The Bertz CT molecular complexity index is 444. The average Bonchev–Trinajstić information content (AvgIpc) is 3.12. The molecule has 1 heterocycles.